The van der Waals surface area contributed by atoms with Gasteiger partial charge in [-0.05, 0) is 20.9 Å². The fourth-order valence-corrected chi connectivity index (χ4v) is 5.79. The van der Waals surface area contributed by atoms with E-state index in [1.54, 1.807) is 18.6 Å². The lowest BCUT2D eigenvalue weighted by molar-refractivity contribution is -0.125. The van der Waals surface area contributed by atoms with Gasteiger partial charge in [0.15, 0.2) is 0 Å². The van der Waals surface area contributed by atoms with Gasteiger partial charge in [0.25, 0.3) is 6.65 Å². The second-order valence-corrected chi connectivity index (χ2v) is 9.62. The van der Waals surface area contributed by atoms with Crippen LogP contribution in [0.2, 0.25) is 0 Å². The van der Waals surface area contributed by atoms with Gasteiger partial charge in [0.05, 0.1) is 0 Å². The van der Waals surface area contributed by atoms with E-state index >= 15 is 0 Å². The lowest BCUT2D eigenvalue weighted by Crippen LogP contribution is -2.34. The van der Waals surface area contributed by atoms with Crippen LogP contribution in [0.5, 0.6) is 0 Å². The number of carbonyl (C=O) groups excluding carboxylic acids is 1. The number of amides is 1. The third-order valence-corrected chi connectivity index (χ3v) is 8.32. The third-order valence-electron chi connectivity index (χ3n) is 2.25. The number of ether oxygens (including phenoxy) is 1. The molecule has 0 bridgehead atoms. The molecule has 0 aliphatic heterocycles. The number of halogens is 1. The summed E-state index contributed by atoms with van der Waals surface area (Å²) in [7, 11) is 3.20. The van der Waals surface area contributed by atoms with Crippen LogP contribution in [0.4, 0.5) is 0 Å². The summed E-state index contributed by atoms with van der Waals surface area (Å²) in [6.07, 6.45) is 0. The number of alkyl halides is 1. The SMILES string of the molecule is CCOCN(C)P(=O)(SCC)N(C)C(=O)C(C)Cl. The summed E-state index contributed by atoms with van der Waals surface area (Å²) in [5, 5.41) is -0.693. The van der Waals surface area contributed by atoms with E-state index in [-0.39, 0.29) is 12.6 Å². The second-order valence-electron chi connectivity index (χ2n) is 3.67. The number of hydrogen-bond acceptors (Lipinski definition) is 4. The van der Waals surface area contributed by atoms with Crippen molar-refractivity contribution in [2.75, 3.05) is 33.2 Å². The molecule has 0 saturated carbocycles. The van der Waals surface area contributed by atoms with E-state index in [0.717, 1.165) is 0 Å². The van der Waals surface area contributed by atoms with Crippen LogP contribution in [0.25, 0.3) is 0 Å². The lowest BCUT2D eigenvalue weighted by atomic mass is 10.4. The molecule has 0 N–H and O–H groups in total. The van der Waals surface area contributed by atoms with E-state index in [4.69, 9.17) is 16.3 Å². The van der Waals surface area contributed by atoms with Crippen molar-refractivity contribution in [1.82, 2.24) is 9.34 Å². The highest BCUT2D eigenvalue weighted by atomic mass is 35.5. The second kappa shape index (κ2) is 8.43. The Morgan fingerprint density at radius 2 is 2.00 bits per heavy atom. The first-order valence-corrected chi connectivity index (χ1v) is 9.41. The summed E-state index contributed by atoms with van der Waals surface area (Å²) in [6.45, 7) is 3.07. The molecule has 0 aliphatic carbocycles. The van der Waals surface area contributed by atoms with Crippen LogP contribution in [-0.2, 0) is 14.1 Å². The third kappa shape index (κ3) is 4.74. The van der Waals surface area contributed by atoms with Crippen molar-refractivity contribution in [3.63, 3.8) is 0 Å². The Hall–Kier alpha value is 0.260. The van der Waals surface area contributed by atoms with Crippen molar-refractivity contribution in [2.24, 2.45) is 0 Å². The molecular weight excluding hydrogens is 295 g/mol. The van der Waals surface area contributed by atoms with Crippen LogP contribution in [0.1, 0.15) is 20.8 Å². The molecule has 0 aromatic carbocycles. The molecule has 0 fully saturated rings. The van der Waals surface area contributed by atoms with E-state index < -0.39 is 12.0 Å². The van der Waals surface area contributed by atoms with Crippen LogP contribution >= 0.6 is 29.6 Å². The molecule has 0 spiro atoms. The quantitative estimate of drug-likeness (QED) is 0.391. The van der Waals surface area contributed by atoms with Crippen molar-refractivity contribution < 1.29 is 14.1 Å². The van der Waals surface area contributed by atoms with E-state index in [0.29, 0.717) is 12.4 Å². The standard InChI is InChI=1S/C10H22ClN2O3PS/c1-6-16-8-12(4)17(15,18-7-2)13(5)10(14)9(3)11/h9H,6-8H2,1-5H3. The maximum absolute atomic E-state index is 12.9. The van der Waals surface area contributed by atoms with Gasteiger partial charge in [0.2, 0.25) is 5.91 Å². The molecule has 5 nitrogen and oxygen atoms in total. The molecular formula is C10H22ClN2O3PS. The Balaban J connectivity index is 5.00. The minimum absolute atomic E-state index is 0.217. The Kier molecular flexibility index (Phi) is 8.56. The highest BCUT2D eigenvalue weighted by Gasteiger charge is 2.37. The molecule has 0 aromatic rings. The van der Waals surface area contributed by atoms with Crippen molar-refractivity contribution in [2.45, 2.75) is 26.1 Å². The molecule has 1 amide bonds. The fourth-order valence-electron chi connectivity index (χ4n) is 1.26. The van der Waals surface area contributed by atoms with E-state index in [1.807, 2.05) is 13.8 Å². The Morgan fingerprint density at radius 1 is 1.44 bits per heavy atom. The van der Waals surface area contributed by atoms with Crippen molar-refractivity contribution in [3.8, 4) is 0 Å². The van der Waals surface area contributed by atoms with Gasteiger partial charge in [-0.25, -0.2) is 4.67 Å². The first kappa shape index (κ1) is 18.3. The molecule has 0 aromatic heterocycles. The predicted molar refractivity (Wildman–Crippen MR) is 78.1 cm³/mol. The van der Waals surface area contributed by atoms with Gasteiger partial charge in [-0.3, -0.25) is 14.0 Å². The summed E-state index contributed by atoms with van der Waals surface area (Å²) >= 11 is 7.01. The number of hydrogen-bond donors (Lipinski definition) is 0. The molecule has 0 radical (unpaired) electrons. The molecule has 0 aliphatic rings. The lowest BCUT2D eigenvalue weighted by Gasteiger charge is -2.34. The average molecular weight is 317 g/mol. The molecule has 0 rings (SSSR count). The average Bonchev–Trinajstić information content (AvgIpc) is 2.33. The van der Waals surface area contributed by atoms with Crippen LogP contribution in [0.15, 0.2) is 0 Å². The first-order valence-electron chi connectivity index (χ1n) is 5.77. The maximum atomic E-state index is 12.9. The molecule has 2 atom stereocenters. The van der Waals surface area contributed by atoms with Crippen LogP contribution in [-0.4, -0.2) is 53.8 Å². The van der Waals surface area contributed by atoms with E-state index in [9.17, 15) is 9.36 Å². The zero-order valence-corrected chi connectivity index (χ0v) is 14.0. The first-order chi connectivity index (χ1) is 8.31. The minimum Gasteiger partial charge on any atom is -0.366 e. The van der Waals surface area contributed by atoms with Gasteiger partial charge < -0.3 is 4.74 Å². The van der Waals surface area contributed by atoms with Gasteiger partial charge >= 0.3 is 0 Å². The van der Waals surface area contributed by atoms with Gasteiger partial charge in [-0.15, -0.1) is 11.6 Å². The summed E-state index contributed by atoms with van der Waals surface area (Å²) in [4.78, 5) is 11.9. The summed E-state index contributed by atoms with van der Waals surface area (Å²) in [6, 6.07) is 0. The van der Waals surface area contributed by atoms with Crippen molar-refractivity contribution in [3.05, 3.63) is 0 Å². The van der Waals surface area contributed by atoms with Crippen LogP contribution in [0, 0.1) is 0 Å². The van der Waals surface area contributed by atoms with Crippen LogP contribution < -0.4 is 0 Å². The molecule has 2 unspecified atom stereocenters. The van der Waals surface area contributed by atoms with Crippen LogP contribution in [0.3, 0.4) is 0 Å². The normalized spacial score (nSPS) is 16.4. The van der Waals surface area contributed by atoms with Gasteiger partial charge in [-0.2, -0.15) is 0 Å². The van der Waals surface area contributed by atoms with Crippen molar-refractivity contribution in [1.29, 1.82) is 0 Å². The molecule has 18 heavy (non-hydrogen) atoms. The summed E-state index contributed by atoms with van der Waals surface area (Å²) < 4.78 is 21.0. The van der Waals surface area contributed by atoms with E-state index in [2.05, 4.69) is 0 Å². The predicted octanol–water partition coefficient (Wildman–Crippen LogP) is 2.86. The minimum atomic E-state index is -3.02. The van der Waals surface area contributed by atoms with Gasteiger partial charge in [-0.1, -0.05) is 18.3 Å². The number of rotatable bonds is 8. The monoisotopic (exact) mass is 316 g/mol. The smallest absolute Gasteiger partial charge is 0.298 e. The maximum Gasteiger partial charge on any atom is 0.298 e. The number of carbonyl (C=O) groups is 1. The summed E-state index contributed by atoms with van der Waals surface area (Å²) in [5.74, 6) is 0.298. The van der Waals surface area contributed by atoms with Gasteiger partial charge in [0, 0.05) is 19.4 Å². The van der Waals surface area contributed by atoms with Gasteiger partial charge in [0.1, 0.15) is 12.1 Å². The molecule has 0 heterocycles. The molecule has 108 valence electrons. The van der Waals surface area contributed by atoms with E-state index in [1.165, 1.54) is 23.1 Å². The fraction of sp³-hybridized carbons (Fsp3) is 0.900. The van der Waals surface area contributed by atoms with Crippen molar-refractivity contribution >= 4 is 35.5 Å². The highest BCUT2D eigenvalue weighted by molar-refractivity contribution is 8.56. The Bertz CT molecular complexity index is 317. The Labute approximate surface area is 118 Å². The zero-order chi connectivity index (χ0) is 14.3. The molecule has 8 heteroatoms. The topological polar surface area (TPSA) is 49.9 Å². The zero-order valence-electron chi connectivity index (χ0n) is 11.6. The highest BCUT2D eigenvalue weighted by Crippen LogP contribution is 2.62. The molecule has 0 saturated heterocycles. The Morgan fingerprint density at radius 3 is 2.39 bits per heavy atom. The number of nitrogens with zero attached hydrogens (tertiary/aromatic N) is 2. The largest absolute Gasteiger partial charge is 0.366 e. The summed E-state index contributed by atoms with van der Waals surface area (Å²) in [5.41, 5.74) is 0.